The molecule has 1 aromatic heterocycles. The number of benzene rings is 2. The molecule has 2 aromatic carbocycles. The van der Waals surface area contributed by atoms with Crippen molar-refractivity contribution in [1.29, 1.82) is 0 Å². The van der Waals surface area contributed by atoms with Crippen LogP contribution in [0.3, 0.4) is 0 Å². The van der Waals surface area contributed by atoms with Gasteiger partial charge in [0, 0.05) is 31.2 Å². The Bertz CT molecular complexity index is 872. The molecule has 0 amide bonds. The highest BCUT2D eigenvalue weighted by Crippen LogP contribution is 2.46. The van der Waals surface area contributed by atoms with Crippen LogP contribution in [-0.4, -0.2) is 16.4 Å². The average Bonchev–Trinajstić information content (AvgIpc) is 2.88. The maximum Gasteiger partial charge on any atom is 0.0544 e. The van der Waals surface area contributed by atoms with Crippen LogP contribution >= 0.6 is 0 Å². The van der Waals surface area contributed by atoms with Crippen molar-refractivity contribution in [3.63, 3.8) is 0 Å². The summed E-state index contributed by atoms with van der Waals surface area (Å²) in [5, 5.41) is 0. The minimum absolute atomic E-state index is 0.447. The van der Waals surface area contributed by atoms with Crippen LogP contribution in [0.4, 0.5) is 0 Å². The van der Waals surface area contributed by atoms with E-state index in [1.807, 2.05) is 12.3 Å². The molecule has 6 rings (SSSR count). The summed E-state index contributed by atoms with van der Waals surface area (Å²) in [5.74, 6) is 0.472. The number of aromatic nitrogens is 1. The average molecular weight is 312 g/mol. The highest BCUT2D eigenvalue weighted by molar-refractivity contribution is 5.48. The Morgan fingerprint density at radius 3 is 2.42 bits per heavy atom. The number of pyridine rings is 1. The van der Waals surface area contributed by atoms with Gasteiger partial charge in [-0.2, -0.15) is 0 Å². The molecule has 24 heavy (non-hydrogen) atoms. The third-order valence-corrected chi connectivity index (χ3v) is 5.52. The van der Waals surface area contributed by atoms with E-state index in [1.165, 1.54) is 22.3 Å². The van der Waals surface area contributed by atoms with Gasteiger partial charge in [0.1, 0.15) is 0 Å². The highest BCUT2D eigenvalue weighted by atomic mass is 15.2. The van der Waals surface area contributed by atoms with E-state index in [2.05, 4.69) is 70.5 Å². The van der Waals surface area contributed by atoms with E-state index >= 15 is 0 Å². The van der Waals surface area contributed by atoms with Gasteiger partial charge in [-0.3, -0.25) is 9.88 Å². The van der Waals surface area contributed by atoms with Gasteiger partial charge >= 0.3 is 0 Å². The van der Waals surface area contributed by atoms with Crippen molar-refractivity contribution >= 4 is 0 Å². The lowest BCUT2D eigenvalue weighted by Crippen LogP contribution is -2.36. The molecule has 2 aliphatic heterocycles. The zero-order valence-electron chi connectivity index (χ0n) is 13.6. The zero-order chi connectivity index (χ0) is 15.9. The Labute approximate surface area is 142 Å². The molecule has 2 atom stereocenters. The molecular formula is C22H20N2. The molecule has 0 saturated heterocycles. The molecule has 3 heterocycles. The van der Waals surface area contributed by atoms with Crippen molar-refractivity contribution in [2.75, 3.05) is 6.54 Å². The fourth-order valence-corrected chi connectivity index (χ4v) is 4.44. The van der Waals surface area contributed by atoms with Crippen LogP contribution in [0.5, 0.6) is 0 Å². The van der Waals surface area contributed by atoms with E-state index in [9.17, 15) is 0 Å². The van der Waals surface area contributed by atoms with Gasteiger partial charge in [0.05, 0.1) is 5.69 Å². The standard InChI is InChI=1S/C22H20N2/c1-2-9-18-16(7-1)13-22-20-11-4-3-10-19(20)21(18)15-24(22)14-17-8-5-6-12-23-17/h1-12,21-22H,13-15H2. The van der Waals surface area contributed by atoms with Crippen molar-refractivity contribution in [2.45, 2.75) is 24.9 Å². The summed E-state index contributed by atoms with van der Waals surface area (Å²) in [7, 11) is 0. The molecule has 3 aliphatic rings. The summed E-state index contributed by atoms with van der Waals surface area (Å²) in [6.07, 6.45) is 2.99. The molecule has 0 saturated carbocycles. The van der Waals surface area contributed by atoms with Gasteiger partial charge in [0.15, 0.2) is 0 Å². The van der Waals surface area contributed by atoms with Crippen LogP contribution in [0, 0.1) is 0 Å². The first-order chi connectivity index (χ1) is 11.9. The molecule has 0 N–H and O–H groups in total. The van der Waals surface area contributed by atoms with Gasteiger partial charge in [-0.05, 0) is 40.8 Å². The van der Waals surface area contributed by atoms with Crippen molar-refractivity contribution in [1.82, 2.24) is 9.88 Å². The van der Waals surface area contributed by atoms with Crippen LogP contribution < -0.4 is 0 Å². The molecule has 1 aliphatic carbocycles. The Hall–Kier alpha value is -2.45. The van der Waals surface area contributed by atoms with E-state index in [-0.39, 0.29) is 0 Å². The normalized spacial score (nSPS) is 21.8. The van der Waals surface area contributed by atoms with E-state index < -0.39 is 0 Å². The number of fused-ring (bicyclic) bond motifs is 1. The summed E-state index contributed by atoms with van der Waals surface area (Å²) in [4.78, 5) is 7.17. The van der Waals surface area contributed by atoms with E-state index in [1.54, 1.807) is 0 Å². The highest BCUT2D eigenvalue weighted by Gasteiger charge is 2.38. The summed E-state index contributed by atoms with van der Waals surface area (Å²) in [6, 6.07) is 24.7. The first-order valence-electron chi connectivity index (χ1n) is 8.71. The topological polar surface area (TPSA) is 16.1 Å². The van der Waals surface area contributed by atoms with Crippen LogP contribution in [0.1, 0.15) is 39.9 Å². The largest absolute Gasteiger partial charge is 0.289 e. The Kier molecular flexibility index (Phi) is 3.24. The lowest BCUT2D eigenvalue weighted by molar-refractivity contribution is 0.171. The zero-order valence-corrected chi connectivity index (χ0v) is 13.6. The van der Waals surface area contributed by atoms with Crippen LogP contribution in [-0.2, 0) is 13.0 Å². The number of rotatable bonds is 2. The van der Waals surface area contributed by atoms with Crippen molar-refractivity contribution < 1.29 is 0 Å². The van der Waals surface area contributed by atoms with Gasteiger partial charge < -0.3 is 0 Å². The summed E-state index contributed by atoms with van der Waals surface area (Å²) in [5.41, 5.74) is 7.19. The summed E-state index contributed by atoms with van der Waals surface area (Å²) >= 11 is 0. The van der Waals surface area contributed by atoms with Crippen LogP contribution in [0.15, 0.2) is 72.9 Å². The number of hydrogen-bond acceptors (Lipinski definition) is 2. The first-order valence-corrected chi connectivity index (χ1v) is 8.71. The first kappa shape index (κ1) is 13.9. The van der Waals surface area contributed by atoms with Crippen molar-refractivity contribution in [3.8, 4) is 0 Å². The summed E-state index contributed by atoms with van der Waals surface area (Å²) in [6.45, 7) is 2.00. The maximum atomic E-state index is 4.55. The molecule has 0 fully saturated rings. The molecule has 2 heteroatoms. The fourth-order valence-electron chi connectivity index (χ4n) is 4.44. The van der Waals surface area contributed by atoms with E-state index in [0.29, 0.717) is 12.0 Å². The molecule has 2 bridgehead atoms. The minimum Gasteiger partial charge on any atom is -0.289 e. The van der Waals surface area contributed by atoms with Crippen LogP contribution in [0.25, 0.3) is 0 Å². The van der Waals surface area contributed by atoms with Gasteiger partial charge in [-0.15, -0.1) is 0 Å². The predicted molar refractivity (Wildman–Crippen MR) is 95.8 cm³/mol. The monoisotopic (exact) mass is 312 g/mol. The van der Waals surface area contributed by atoms with Gasteiger partial charge in [0.25, 0.3) is 0 Å². The third-order valence-electron chi connectivity index (χ3n) is 5.52. The minimum atomic E-state index is 0.447. The Morgan fingerprint density at radius 2 is 1.58 bits per heavy atom. The Balaban J connectivity index is 1.61. The molecule has 0 spiro atoms. The second-order valence-corrected chi connectivity index (χ2v) is 6.85. The fraction of sp³-hybridized carbons (Fsp3) is 0.227. The molecule has 3 aromatic rings. The lowest BCUT2D eigenvalue weighted by Gasteiger charge is -2.38. The van der Waals surface area contributed by atoms with Gasteiger partial charge in [0.2, 0.25) is 0 Å². The Morgan fingerprint density at radius 1 is 0.833 bits per heavy atom. The van der Waals surface area contributed by atoms with E-state index in [0.717, 1.165) is 25.2 Å². The number of hydrogen-bond donors (Lipinski definition) is 0. The van der Waals surface area contributed by atoms with Crippen LogP contribution in [0.2, 0.25) is 0 Å². The number of nitrogens with zero attached hydrogens (tertiary/aromatic N) is 2. The van der Waals surface area contributed by atoms with Crippen molar-refractivity contribution in [3.05, 3.63) is 101 Å². The smallest absolute Gasteiger partial charge is 0.0544 e. The quantitative estimate of drug-likeness (QED) is 0.700. The second kappa shape index (κ2) is 5.57. The molecule has 118 valence electrons. The second-order valence-electron chi connectivity index (χ2n) is 6.85. The van der Waals surface area contributed by atoms with E-state index in [4.69, 9.17) is 0 Å². The summed E-state index contributed by atoms with van der Waals surface area (Å²) < 4.78 is 0. The van der Waals surface area contributed by atoms with Gasteiger partial charge in [-0.25, -0.2) is 0 Å². The molecular weight excluding hydrogens is 292 g/mol. The lowest BCUT2D eigenvalue weighted by atomic mass is 9.84. The van der Waals surface area contributed by atoms with Gasteiger partial charge in [-0.1, -0.05) is 54.6 Å². The molecule has 0 radical (unpaired) electrons. The molecule has 2 nitrogen and oxygen atoms in total. The third kappa shape index (κ3) is 2.18. The van der Waals surface area contributed by atoms with Crippen molar-refractivity contribution in [2.24, 2.45) is 0 Å². The molecule has 2 unspecified atom stereocenters. The predicted octanol–water partition coefficient (Wildman–Crippen LogP) is 4.33. The maximum absolute atomic E-state index is 4.55. The SMILES string of the molecule is c1ccc(CN2CC3c4ccccc4CC2c2ccccc23)nc1.